The van der Waals surface area contributed by atoms with Crippen molar-refractivity contribution < 1.29 is 22.7 Å². The van der Waals surface area contributed by atoms with E-state index < -0.39 is 15.9 Å². The molecule has 1 aliphatic rings. The van der Waals surface area contributed by atoms with Gasteiger partial charge in [0.15, 0.2) is 0 Å². The summed E-state index contributed by atoms with van der Waals surface area (Å²) in [6, 6.07) is 13.2. The zero-order chi connectivity index (χ0) is 18.7. The number of ether oxygens (including phenoxy) is 1. The van der Waals surface area contributed by atoms with Gasteiger partial charge in [0.05, 0.1) is 18.6 Å². The first-order chi connectivity index (χ1) is 12.4. The van der Waals surface area contributed by atoms with Crippen LogP contribution in [0.2, 0.25) is 0 Å². The van der Waals surface area contributed by atoms with E-state index in [1.807, 2.05) is 24.3 Å². The number of amides is 2. The number of carbonyl (C=O) groups excluding carboxylic acids is 2. The van der Waals surface area contributed by atoms with Gasteiger partial charge >= 0.3 is 0 Å². The van der Waals surface area contributed by atoms with Gasteiger partial charge in [-0.05, 0) is 42.0 Å². The van der Waals surface area contributed by atoms with Crippen LogP contribution in [-0.2, 0) is 21.4 Å². The summed E-state index contributed by atoms with van der Waals surface area (Å²) in [5, 5.41) is 2.79. The second-order valence-electron chi connectivity index (χ2n) is 5.80. The van der Waals surface area contributed by atoms with Gasteiger partial charge in [-0.25, -0.2) is 12.7 Å². The van der Waals surface area contributed by atoms with E-state index in [1.54, 1.807) is 7.11 Å². The Balaban J connectivity index is 1.66. The molecule has 136 valence electrons. The molecule has 2 aromatic rings. The fourth-order valence-electron chi connectivity index (χ4n) is 2.64. The van der Waals surface area contributed by atoms with E-state index in [0.29, 0.717) is 12.1 Å². The Hall–Kier alpha value is -2.87. The fourth-order valence-corrected chi connectivity index (χ4v) is 4.10. The molecule has 26 heavy (non-hydrogen) atoms. The summed E-state index contributed by atoms with van der Waals surface area (Å²) >= 11 is 0. The maximum absolute atomic E-state index is 12.2. The average Bonchev–Trinajstić information content (AvgIpc) is 2.93. The minimum Gasteiger partial charge on any atom is -0.497 e. The molecule has 0 aliphatic carbocycles. The molecule has 0 saturated carbocycles. The number of nitrogens with zero attached hydrogens (tertiary/aromatic N) is 1. The predicted octanol–water partition coefficient (Wildman–Crippen LogP) is 1.69. The van der Waals surface area contributed by atoms with Gasteiger partial charge in [0.2, 0.25) is 15.9 Å². The summed E-state index contributed by atoms with van der Waals surface area (Å²) in [6.45, 7) is 0.351. The number of carbonyl (C=O) groups is 2. The molecule has 0 spiro atoms. The van der Waals surface area contributed by atoms with Gasteiger partial charge < -0.3 is 10.1 Å². The number of sulfonamides is 1. The lowest BCUT2D eigenvalue weighted by Gasteiger charge is -2.15. The second kappa shape index (κ2) is 7.17. The van der Waals surface area contributed by atoms with E-state index in [4.69, 9.17) is 4.74 Å². The van der Waals surface area contributed by atoms with Crippen molar-refractivity contribution in [1.82, 2.24) is 5.32 Å². The summed E-state index contributed by atoms with van der Waals surface area (Å²) in [7, 11) is -2.02. The molecule has 1 heterocycles. The van der Waals surface area contributed by atoms with Gasteiger partial charge in [0.25, 0.3) is 5.91 Å². The van der Waals surface area contributed by atoms with E-state index in [1.165, 1.54) is 24.3 Å². The maximum atomic E-state index is 12.2. The number of hydrogen-bond donors (Lipinski definition) is 1. The van der Waals surface area contributed by atoms with Crippen LogP contribution in [0.4, 0.5) is 5.69 Å². The molecule has 0 aromatic heterocycles. The van der Waals surface area contributed by atoms with Gasteiger partial charge in [-0.3, -0.25) is 9.59 Å². The molecule has 0 unspecified atom stereocenters. The average molecular weight is 374 g/mol. The third kappa shape index (κ3) is 3.70. The van der Waals surface area contributed by atoms with E-state index in [-0.39, 0.29) is 23.8 Å². The summed E-state index contributed by atoms with van der Waals surface area (Å²) in [5.41, 5.74) is 1.55. The number of anilines is 1. The highest BCUT2D eigenvalue weighted by Gasteiger charge is 2.36. The minimum atomic E-state index is -3.60. The van der Waals surface area contributed by atoms with E-state index >= 15 is 0 Å². The summed E-state index contributed by atoms with van der Waals surface area (Å²) in [4.78, 5) is 24.0. The number of methoxy groups -OCH3 is 1. The van der Waals surface area contributed by atoms with Gasteiger partial charge in [0.1, 0.15) is 5.75 Å². The zero-order valence-corrected chi connectivity index (χ0v) is 15.0. The van der Waals surface area contributed by atoms with Crippen LogP contribution in [0.15, 0.2) is 48.5 Å². The molecule has 0 radical (unpaired) electrons. The molecular formula is C18H18N2O5S. The van der Waals surface area contributed by atoms with Crippen molar-refractivity contribution in [2.75, 3.05) is 17.2 Å². The normalized spacial score (nSPS) is 15.7. The molecule has 3 rings (SSSR count). The lowest BCUT2D eigenvalue weighted by Crippen LogP contribution is -2.29. The van der Waals surface area contributed by atoms with Crippen molar-refractivity contribution in [3.05, 3.63) is 59.7 Å². The first-order valence-electron chi connectivity index (χ1n) is 7.98. The molecule has 7 nitrogen and oxygen atoms in total. The van der Waals surface area contributed by atoms with Crippen LogP contribution in [0.1, 0.15) is 22.3 Å². The third-order valence-electron chi connectivity index (χ3n) is 4.05. The Kier molecular flexibility index (Phi) is 4.94. The number of benzene rings is 2. The molecule has 8 heteroatoms. The second-order valence-corrected chi connectivity index (χ2v) is 7.74. The lowest BCUT2D eigenvalue weighted by molar-refractivity contribution is -0.116. The molecule has 1 N–H and O–H groups in total. The maximum Gasteiger partial charge on any atom is 0.251 e. The predicted molar refractivity (Wildman–Crippen MR) is 96.5 cm³/mol. The van der Waals surface area contributed by atoms with Gasteiger partial charge in [0, 0.05) is 18.5 Å². The smallest absolute Gasteiger partial charge is 0.251 e. The molecule has 0 bridgehead atoms. The quantitative estimate of drug-likeness (QED) is 0.860. The Morgan fingerprint density at radius 2 is 1.77 bits per heavy atom. The van der Waals surface area contributed by atoms with Gasteiger partial charge in [-0.1, -0.05) is 12.1 Å². The third-order valence-corrected chi connectivity index (χ3v) is 5.75. The molecule has 2 aromatic carbocycles. The Morgan fingerprint density at radius 3 is 2.31 bits per heavy atom. The van der Waals surface area contributed by atoms with Crippen LogP contribution >= 0.6 is 0 Å². The topological polar surface area (TPSA) is 92.8 Å². The molecular weight excluding hydrogens is 356 g/mol. The van der Waals surface area contributed by atoms with Crippen molar-refractivity contribution in [3.63, 3.8) is 0 Å². The van der Waals surface area contributed by atoms with Gasteiger partial charge in [-0.15, -0.1) is 0 Å². The molecule has 1 aliphatic heterocycles. The van der Waals surface area contributed by atoms with Crippen molar-refractivity contribution in [2.24, 2.45) is 0 Å². The molecule has 2 amide bonds. The summed E-state index contributed by atoms with van der Waals surface area (Å²) in [6.07, 6.45) is -0.0214. The number of rotatable bonds is 5. The number of hydrogen-bond acceptors (Lipinski definition) is 5. The Bertz CT molecular complexity index is 921. The Labute approximate surface area is 151 Å². The largest absolute Gasteiger partial charge is 0.497 e. The number of nitrogens with one attached hydrogen (secondary N) is 1. The zero-order valence-electron chi connectivity index (χ0n) is 14.1. The first kappa shape index (κ1) is 17.9. The summed E-state index contributed by atoms with van der Waals surface area (Å²) in [5.74, 6) is -0.192. The molecule has 1 saturated heterocycles. The van der Waals surface area contributed by atoms with Crippen LogP contribution in [0, 0.1) is 0 Å². The fraction of sp³-hybridized carbons (Fsp3) is 0.222. The standard InChI is InChI=1S/C18H18N2O5S/c1-25-16-8-2-13(3-9-16)12-19-18(22)14-4-6-15(7-5-14)20-17(21)10-11-26(20,23)24/h2-9H,10-12H2,1H3,(H,19,22). The monoisotopic (exact) mass is 374 g/mol. The van der Waals surface area contributed by atoms with Crippen molar-refractivity contribution in [3.8, 4) is 5.75 Å². The van der Waals surface area contributed by atoms with Crippen LogP contribution in [0.5, 0.6) is 5.75 Å². The SMILES string of the molecule is COc1ccc(CNC(=O)c2ccc(N3C(=O)CCS3(=O)=O)cc2)cc1. The van der Waals surface area contributed by atoms with Crippen LogP contribution in [0.25, 0.3) is 0 Å². The van der Waals surface area contributed by atoms with E-state index in [2.05, 4.69) is 5.32 Å². The van der Waals surface area contributed by atoms with E-state index in [0.717, 1.165) is 15.6 Å². The molecule has 1 fully saturated rings. The van der Waals surface area contributed by atoms with Crippen LogP contribution in [-0.4, -0.2) is 33.1 Å². The summed E-state index contributed by atoms with van der Waals surface area (Å²) < 4.78 is 29.7. The first-order valence-corrected chi connectivity index (χ1v) is 9.58. The Morgan fingerprint density at radius 1 is 1.12 bits per heavy atom. The van der Waals surface area contributed by atoms with Gasteiger partial charge in [-0.2, -0.15) is 0 Å². The van der Waals surface area contributed by atoms with Crippen LogP contribution < -0.4 is 14.4 Å². The highest BCUT2D eigenvalue weighted by molar-refractivity contribution is 7.94. The van der Waals surface area contributed by atoms with Crippen LogP contribution in [0.3, 0.4) is 0 Å². The van der Waals surface area contributed by atoms with E-state index in [9.17, 15) is 18.0 Å². The van der Waals surface area contributed by atoms with Crippen molar-refractivity contribution >= 4 is 27.5 Å². The lowest BCUT2D eigenvalue weighted by atomic mass is 10.1. The van der Waals surface area contributed by atoms with Crippen molar-refractivity contribution in [1.29, 1.82) is 0 Å². The van der Waals surface area contributed by atoms with Crippen molar-refractivity contribution in [2.45, 2.75) is 13.0 Å². The highest BCUT2D eigenvalue weighted by Crippen LogP contribution is 2.25. The highest BCUT2D eigenvalue weighted by atomic mass is 32.2. The molecule has 0 atom stereocenters. The minimum absolute atomic E-state index is 0.0214.